The van der Waals surface area contributed by atoms with Crippen LogP contribution in [0.4, 0.5) is 0 Å². The molecule has 1 aliphatic carbocycles. The Bertz CT molecular complexity index is 493. The first-order valence-electron chi connectivity index (χ1n) is 6.58. The van der Waals surface area contributed by atoms with Gasteiger partial charge in [0.2, 0.25) is 0 Å². The number of hydrogen-bond acceptors (Lipinski definition) is 2. The zero-order chi connectivity index (χ0) is 12.7. The summed E-state index contributed by atoms with van der Waals surface area (Å²) in [5.74, 6) is 1.23. The summed E-state index contributed by atoms with van der Waals surface area (Å²) >= 11 is 0. The molecule has 3 rings (SSSR count). The van der Waals surface area contributed by atoms with Crippen LogP contribution < -0.4 is 0 Å². The lowest BCUT2D eigenvalue weighted by molar-refractivity contribution is -0.116. The van der Waals surface area contributed by atoms with E-state index >= 15 is 0 Å². The van der Waals surface area contributed by atoms with Gasteiger partial charge in [-0.05, 0) is 18.9 Å². The normalized spacial score (nSPS) is 34.6. The lowest BCUT2D eigenvalue weighted by Gasteiger charge is -2.38. The number of carbonyl (C=O) groups excluding carboxylic acids is 1. The predicted molar refractivity (Wildman–Crippen MR) is 70.9 cm³/mol. The average Bonchev–Trinajstić information content (AvgIpc) is 2.34. The molecule has 94 valence electrons. The van der Waals surface area contributed by atoms with Crippen molar-refractivity contribution in [3.8, 4) is 0 Å². The molecular formula is C16H18O2. The van der Waals surface area contributed by atoms with Gasteiger partial charge < -0.3 is 4.74 Å². The fourth-order valence-corrected chi connectivity index (χ4v) is 3.18. The van der Waals surface area contributed by atoms with E-state index in [0.29, 0.717) is 6.42 Å². The van der Waals surface area contributed by atoms with Gasteiger partial charge >= 0.3 is 0 Å². The highest BCUT2D eigenvalue weighted by Gasteiger charge is 2.37. The number of ketones is 1. The summed E-state index contributed by atoms with van der Waals surface area (Å²) < 4.78 is 6.03. The van der Waals surface area contributed by atoms with Crippen molar-refractivity contribution in [2.45, 2.75) is 38.2 Å². The highest BCUT2D eigenvalue weighted by atomic mass is 16.5. The van der Waals surface area contributed by atoms with Gasteiger partial charge in [-0.25, -0.2) is 0 Å². The smallest absolute Gasteiger partial charge is 0.163 e. The van der Waals surface area contributed by atoms with Crippen LogP contribution in [0.15, 0.2) is 47.8 Å². The molecule has 2 nitrogen and oxygen atoms in total. The Morgan fingerprint density at radius 2 is 2.11 bits per heavy atom. The molecule has 0 saturated carbocycles. The SMILES string of the molecule is C=C1C/C2=C/CC(=O)C3=CCCC(=C)[C@@H]3[C@@H](C1)O2. The molecule has 2 heteroatoms. The van der Waals surface area contributed by atoms with E-state index in [9.17, 15) is 4.79 Å². The van der Waals surface area contributed by atoms with E-state index in [1.165, 1.54) is 5.57 Å². The van der Waals surface area contributed by atoms with Crippen LogP contribution in [0.3, 0.4) is 0 Å². The molecule has 2 atom stereocenters. The van der Waals surface area contributed by atoms with Crippen LogP contribution in [0.2, 0.25) is 0 Å². The van der Waals surface area contributed by atoms with Crippen LogP contribution in [-0.2, 0) is 9.53 Å². The van der Waals surface area contributed by atoms with E-state index < -0.39 is 0 Å². The maximum atomic E-state index is 12.2. The van der Waals surface area contributed by atoms with Gasteiger partial charge in [-0.1, -0.05) is 30.4 Å². The first-order valence-corrected chi connectivity index (χ1v) is 6.58. The van der Waals surface area contributed by atoms with Crippen LogP contribution in [0.25, 0.3) is 0 Å². The van der Waals surface area contributed by atoms with Gasteiger partial charge in [-0.2, -0.15) is 0 Å². The van der Waals surface area contributed by atoms with Crippen LogP contribution in [0.5, 0.6) is 0 Å². The van der Waals surface area contributed by atoms with Gasteiger partial charge in [0, 0.05) is 30.8 Å². The molecule has 2 heterocycles. The van der Waals surface area contributed by atoms with Crippen molar-refractivity contribution in [3.63, 3.8) is 0 Å². The fraction of sp³-hybridized carbons (Fsp3) is 0.438. The number of hydrogen-bond donors (Lipinski definition) is 0. The zero-order valence-corrected chi connectivity index (χ0v) is 10.6. The fourth-order valence-electron chi connectivity index (χ4n) is 3.18. The highest BCUT2D eigenvalue weighted by Crippen LogP contribution is 2.41. The Hall–Kier alpha value is -1.57. The molecule has 0 aromatic heterocycles. The lowest BCUT2D eigenvalue weighted by Crippen LogP contribution is -2.35. The quantitative estimate of drug-likeness (QED) is 0.608. The average molecular weight is 242 g/mol. The molecule has 0 aromatic rings. The van der Waals surface area contributed by atoms with Crippen molar-refractivity contribution in [2.24, 2.45) is 5.92 Å². The second-order valence-electron chi connectivity index (χ2n) is 5.42. The van der Waals surface area contributed by atoms with E-state index in [1.54, 1.807) is 0 Å². The number of fused-ring (bicyclic) bond motifs is 4. The molecule has 0 amide bonds. The van der Waals surface area contributed by atoms with Crippen LogP contribution in [0.1, 0.15) is 32.1 Å². The van der Waals surface area contributed by atoms with Crippen molar-refractivity contribution in [2.75, 3.05) is 0 Å². The highest BCUT2D eigenvalue weighted by molar-refractivity contribution is 5.97. The van der Waals surface area contributed by atoms with Crippen molar-refractivity contribution in [1.82, 2.24) is 0 Å². The first kappa shape index (κ1) is 11.5. The van der Waals surface area contributed by atoms with E-state index in [2.05, 4.69) is 19.2 Å². The number of Topliss-reactive ketones (excluding diaryl/α,β-unsaturated/α-hetero) is 1. The van der Waals surface area contributed by atoms with E-state index in [1.807, 2.05) is 6.08 Å². The summed E-state index contributed by atoms with van der Waals surface area (Å²) in [7, 11) is 0. The summed E-state index contributed by atoms with van der Waals surface area (Å²) in [6.45, 7) is 8.25. The molecule has 1 fully saturated rings. The first-order chi connectivity index (χ1) is 8.65. The Labute approximate surface area is 108 Å². The minimum Gasteiger partial charge on any atom is -0.493 e. The minimum atomic E-state index is 0.0285. The third kappa shape index (κ3) is 1.86. The van der Waals surface area contributed by atoms with E-state index in [4.69, 9.17) is 4.74 Å². The van der Waals surface area contributed by atoms with Gasteiger partial charge in [-0.15, -0.1) is 0 Å². The number of allylic oxidation sites excluding steroid dienone is 3. The standard InChI is InChI=1S/C16H18O2/c1-10-8-12-6-7-14(17)13-5-3-4-11(2)16(13)15(9-10)18-12/h5-6,15-16H,1-4,7-9H2/b12-6-/t15-,16+/m1/s1. The van der Waals surface area contributed by atoms with Gasteiger partial charge in [-0.3, -0.25) is 4.79 Å². The van der Waals surface area contributed by atoms with Crippen LogP contribution >= 0.6 is 0 Å². The van der Waals surface area contributed by atoms with Gasteiger partial charge in [0.15, 0.2) is 5.78 Å². The largest absolute Gasteiger partial charge is 0.493 e. The number of rotatable bonds is 0. The molecule has 2 aliphatic heterocycles. The lowest BCUT2D eigenvalue weighted by atomic mass is 9.75. The summed E-state index contributed by atoms with van der Waals surface area (Å²) in [6.07, 6.45) is 8.00. The van der Waals surface area contributed by atoms with Crippen LogP contribution in [0, 0.1) is 5.92 Å². The molecule has 0 N–H and O–H groups in total. The molecular weight excluding hydrogens is 224 g/mol. The Kier molecular flexibility index (Phi) is 2.73. The Balaban J connectivity index is 2.05. The molecule has 3 aliphatic rings. The molecule has 18 heavy (non-hydrogen) atoms. The topological polar surface area (TPSA) is 26.3 Å². The molecule has 0 aromatic carbocycles. The maximum Gasteiger partial charge on any atom is 0.163 e. The Morgan fingerprint density at radius 1 is 1.28 bits per heavy atom. The summed E-state index contributed by atoms with van der Waals surface area (Å²) in [6, 6.07) is 0. The van der Waals surface area contributed by atoms with E-state index in [-0.39, 0.29) is 17.8 Å². The molecule has 1 saturated heterocycles. The van der Waals surface area contributed by atoms with Crippen molar-refractivity contribution in [3.05, 3.63) is 47.8 Å². The van der Waals surface area contributed by atoms with Crippen LogP contribution in [-0.4, -0.2) is 11.9 Å². The molecule has 0 unspecified atom stereocenters. The van der Waals surface area contributed by atoms with Gasteiger partial charge in [0.05, 0.1) is 5.76 Å². The summed E-state index contributed by atoms with van der Waals surface area (Å²) in [5.41, 5.74) is 3.26. The second kappa shape index (κ2) is 4.27. The third-order valence-electron chi connectivity index (χ3n) is 4.03. The minimum absolute atomic E-state index is 0.0285. The summed E-state index contributed by atoms with van der Waals surface area (Å²) in [5, 5.41) is 0. The number of carbonyl (C=O) groups is 1. The molecule has 0 radical (unpaired) electrons. The molecule has 0 spiro atoms. The summed E-state index contributed by atoms with van der Waals surface area (Å²) in [4.78, 5) is 12.2. The number of ether oxygens (including phenoxy) is 1. The van der Waals surface area contributed by atoms with Gasteiger partial charge in [0.25, 0.3) is 0 Å². The maximum absolute atomic E-state index is 12.2. The zero-order valence-electron chi connectivity index (χ0n) is 10.6. The second-order valence-corrected chi connectivity index (χ2v) is 5.42. The monoisotopic (exact) mass is 242 g/mol. The predicted octanol–water partition coefficient (Wildman–Crippen LogP) is 3.47. The van der Waals surface area contributed by atoms with Crippen molar-refractivity contribution in [1.29, 1.82) is 0 Å². The van der Waals surface area contributed by atoms with Crippen molar-refractivity contribution < 1.29 is 9.53 Å². The van der Waals surface area contributed by atoms with E-state index in [0.717, 1.165) is 42.6 Å². The van der Waals surface area contributed by atoms with Crippen molar-refractivity contribution >= 4 is 5.78 Å². The third-order valence-corrected chi connectivity index (χ3v) is 4.03. The molecule has 2 bridgehead atoms. The van der Waals surface area contributed by atoms with Gasteiger partial charge in [0.1, 0.15) is 6.10 Å². The Morgan fingerprint density at radius 3 is 2.94 bits per heavy atom.